The molecule has 0 atom stereocenters. The molecule has 1 fully saturated rings. The van der Waals surface area contributed by atoms with Gasteiger partial charge in [0, 0.05) is 32.7 Å². The molecular weight excluding hydrogens is 252 g/mol. The van der Waals surface area contributed by atoms with Crippen molar-refractivity contribution in [2.45, 2.75) is 51.6 Å². The van der Waals surface area contributed by atoms with E-state index in [0.717, 1.165) is 55.3 Å². The van der Waals surface area contributed by atoms with Gasteiger partial charge in [-0.25, -0.2) is 9.97 Å². The molecule has 0 aliphatic heterocycles. The molecule has 5 nitrogen and oxygen atoms in total. The lowest BCUT2D eigenvalue weighted by Gasteiger charge is -2.40. The quantitative estimate of drug-likeness (QED) is 0.803. The van der Waals surface area contributed by atoms with Crippen LogP contribution in [-0.4, -0.2) is 36.3 Å². The van der Waals surface area contributed by atoms with Gasteiger partial charge in [0.05, 0.1) is 5.60 Å². The molecule has 0 amide bonds. The molecule has 5 heteroatoms. The van der Waals surface area contributed by atoms with Crippen LogP contribution < -0.4 is 10.6 Å². The van der Waals surface area contributed by atoms with E-state index in [9.17, 15) is 0 Å². The van der Waals surface area contributed by atoms with E-state index in [4.69, 9.17) is 4.74 Å². The summed E-state index contributed by atoms with van der Waals surface area (Å²) in [5.74, 6) is 2.73. The van der Waals surface area contributed by atoms with Crippen LogP contribution in [0.25, 0.3) is 0 Å². The molecule has 1 aliphatic carbocycles. The summed E-state index contributed by atoms with van der Waals surface area (Å²) >= 11 is 0. The van der Waals surface area contributed by atoms with Crippen molar-refractivity contribution in [3.63, 3.8) is 0 Å². The van der Waals surface area contributed by atoms with E-state index in [0.29, 0.717) is 0 Å². The first kappa shape index (κ1) is 15.0. The first-order chi connectivity index (χ1) is 9.64. The lowest BCUT2D eigenvalue weighted by atomic mass is 9.80. The zero-order chi connectivity index (χ0) is 14.6. The number of nitrogens with zero attached hydrogens (tertiary/aromatic N) is 2. The molecule has 112 valence electrons. The van der Waals surface area contributed by atoms with Crippen molar-refractivity contribution in [3.05, 3.63) is 11.4 Å². The van der Waals surface area contributed by atoms with E-state index in [-0.39, 0.29) is 5.60 Å². The van der Waals surface area contributed by atoms with E-state index in [1.807, 2.05) is 14.0 Å². The highest BCUT2D eigenvalue weighted by Crippen LogP contribution is 2.35. The summed E-state index contributed by atoms with van der Waals surface area (Å²) in [5.41, 5.74) is 1.07. The maximum absolute atomic E-state index is 5.65. The maximum atomic E-state index is 5.65. The first-order valence-corrected chi connectivity index (χ1v) is 7.48. The molecule has 20 heavy (non-hydrogen) atoms. The van der Waals surface area contributed by atoms with Crippen LogP contribution in [0.4, 0.5) is 11.6 Å². The van der Waals surface area contributed by atoms with Gasteiger partial charge in [0.25, 0.3) is 0 Å². The largest absolute Gasteiger partial charge is 0.376 e. The van der Waals surface area contributed by atoms with Crippen molar-refractivity contribution in [2.75, 3.05) is 31.3 Å². The Morgan fingerprint density at radius 1 is 1.25 bits per heavy atom. The van der Waals surface area contributed by atoms with E-state index < -0.39 is 0 Å². The molecule has 0 bridgehead atoms. The van der Waals surface area contributed by atoms with Crippen LogP contribution in [0.1, 0.15) is 44.0 Å². The zero-order valence-corrected chi connectivity index (χ0v) is 13.0. The number of hydrogen-bond donors (Lipinski definition) is 2. The van der Waals surface area contributed by atoms with E-state index in [1.165, 1.54) is 6.42 Å². The molecule has 0 saturated heterocycles. The third-order valence-electron chi connectivity index (χ3n) is 4.18. The molecule has 1 aromatic heterocycles. The minimum Gasteiger partial charge on any atom is -0.376 e. The Morgan fingerprint density at radius 2 is 1.95 bits per heavy atom. The number of rotatable bonds is 7. The van der Waals surface area contributed by atoms with Crippen LogP contribution in [0.3, 0.4) is 0 Å². The standard InChI is InChI=1S/C15H26N4O/c1-5-7-12-18-13(16-3)11(2)14(19-12)17-10-15(20-4)8-6-9-15/h5-10H2,1-4H3,(H2,16,17,18,19). The molecule has 0 unspecified atom stereocenters. The SMILES string of the molecule is CCCc1nc(NC)c(C)c(NCC2(OC)CCC2)n1. The van der Waals surface area contributed by atoms with E-state index in [2.05, 4.69) is 27.5 Å². The lowest BCUT2D eigenvalue weighted by Crippen LogP contribution is -2.45. The Bertz CT molecular complexity index is 452. The molecule has 0 radical (unpaired) electrons. The van der Waals surface area contributed by atoms with Crippen LogP contribution in [0.5, 0.6) is 0 Å². The average Bonchev–Trinajstić information content (AvgIpc) is 2.41. The molecule has 2 rings (SSSR count). The van der Waals surface area contributed by atoms with Gasteiger partial charge in [0.1, 0.15) is 17.5 Å². The summed E-state index contributed by atoms with van der Waals surface area (Å²) in [6.07, 6.45) is 5.45. The van der Waals surface area contributed by atoms with Crippen LogP contribution >= 0.6 is 0 Å². The molecule has 1 aliphatic rings. The van der Waals surface area contributed by atoms with Gasteiger partial charge in [-0.1, -0.05) is 6.92 Å². The van der Waals surface area contributed by atoms with Gasteiger partial charge < -0.3 is 15.4 Å². The Balaban J connectivity index is 2.14. The molecule has 1 heterocycles. The van der Waals surface area contributed by atoms with E-state index >= 15 is 0 Å². The highest BCUT2D eigenvalue weighted by molar-refractivity contribution is 5.57. The topological polar surface area (TPSA) is 59.1 Å². The fourth-order valence-corrected chi connectivity index (χ4v) is 2.58. The van der Waals surface area contributed by atoms with Crippen molar-refractivity contribution in [1.82, 2.24) is 9.97 Å². The number of nitrogens with one attached hydrogen (secondary N) is 2. The van der Waals surface area contributed by atoms with Crippen LogP contribution in [0.2, 0.25) is 0 Å². The monoisotopic (exact) mass is 278 g/mol. The third-order valence-corrected chi connectivity index (χ3v) is 4.18. The van der Waals surface area contributed by atoms with Crippen molar-refractivity contribution in [1.29, 1.82) is 0 Å². The van der Waals surface area contributed by atoms with Crippen molar-refractivity contribution in [2.24, 2.45) is 0 Å². The Hall–Kier alpha value is -1.36. The summed E-state index contributed by atoms with van der Waals surface area (Å²) in [5, 5.41) is 6.62. The van der Waals surface area contributed by atoms with E-state index in [1.54, 1.807) is 7.11 Å². The third kappa shape index (κ3) is 3.03. The smallest absolute Gasteiger partial charge is 0.134 e. The minimum atomic E-state index is 0.00210. The van der Waals surface area contributed by atoms with Gasteiger partial charge in [0.2, 0.25) is 0 Å². The minimum absolute atomic E-state index is 0.00210. The summed E-state index contributed by atoms with van der Waals surface area (Å²) in [6, 6.07) is 0. The molecule has 1 saturated carbocycles. The van der Waals surface area contributed by atoms with Gasteiger partial charge in [-0.3, -0.25) is 0 Å². The Labute approximate surface area is 121 Å². The summed E-state index contributed by atoms with van der Waals surface area (Å²) in [7, 11) is 3.70. The van der Waals surface area contributed by atoms with Crippen LogP contribution in [-0.2, 0) is 11.2 Å². The lowest BCUT2D eigenvalue weighted by molar-refractivity contribution is -0.0601. The second kappa shape index (κ2) is 6.39. The summed E-state index contributed by atoms with van der Waals surface area (Å²) < 4.78 is 5.65. The van der Waals surface area contributed by atoms with Crippen LogP contribution in [0, 0.1) is 6.92 Å². The van der Waals surface area contributed by atoms with Gasteiger partial charge in [0.15, 0.2) is 0 Å². The molecule has 0 spiro atoms. The van der Waals surface area contributed by atoms with Gasteiger partial charge in [-0.2, -0.15) is 0 Å². The van der Waals surface area contributed by atoms with Crippen molar-refractivity contribution < 1.29 is 4.74 Å². The number of ether oxygens (including phenoxy) is 1. The highest BCUT2D eigenvalue weighted by atomic mass is 16.5. The predicted octanol–water partition coefficient (Wildman–Crippen LogP) is 2.76. The van der Waals surface area contributed by atoms with Crippen LogP contribution in [0.15, 0.2) is 0 Å². The molecule has 0 aromatic carbocycles. The molecule has 2 N–H and O–H groups in total. The van der Waals surface area contributed by atoms with Gasteiger partial charge in [-0.15, -0.1) is 0 Å². The average molecular weight is 278 g/mol. The zero-order valence-electron chi connectivity index (χ0n) is 13.0. The summed E-state index contributed by atoms with van der Waals surface area (Å²) in [6.45, 7) is 5.00. The Kier molecular flexibility index (Phi) is 4.81. The number of aryl methyl sites for hydroxylation is 1. The predicted molar refractivity (Wildman–Crippen MR) is 82.4 cm³/mol. The summed E-state index contributed by atoms with van der Waals surface area (Å²) in [4.78, 5) is 9.20. The normalized spacial score (nSPS) is 16.6. The van der Waals surface area contributed by atoms with Gasteiger partial charge in [-0.05, 0) is 32.6 Å². The fourth-order valence-electron chi connectivity index (χ4n) is 2.58. The van der Waals surface area contributed by atoms with Gasteiger partial charge >= 0.3 is 0 Å². The first-order valence-electron chi connectivity index (χ1n) is 7.48. The molecule has 1 aromatic rings. The second-order valence-electron chi connectivity index (χ2n) is 5.56. The maximum Gasteiger partial charge on any atom is 0.134 e. The van der Waals surface area contributed by atoms with Crippen molar-refractivity contribution in [3.8, 4) is 0 Å². The second-order valence-corrected chi connectivity index (χ2v) is 5.56. The number of hydrogen-bond acceptors (Lipinski definition) is 5. The Morgan fingerprint density at radius 3 is 2.45 bits per heavy atom. The fraction of sp³-hybridized carbons (Fsp3) is 0.733. The van der Waals surface area contributed by atoms with Crippen molar-refractivity contribution >= 4 is 11.6 Å². The number of anilines is 2. The highest BCUT2D eigenvalue weighted by Gasteiger charge is 2.36. The molecular formula is C15H26N4O. The number of aromatic nitrogens is 2. The number of methoxy groups -OCH3 is 1.